The summed E-state index contributed by atoms with van der Waals surface area (Å²) >= 11 is 0. The van der Waals surface area contributed by atoms with Crippen LogP contribution in [0.1, 0.15) is 24.1 Å². The van der Waals surface area contributed by atoms with Crippen LogP contribution in [0.25, 0.3) is 11.3 Å². The van der Waals surface area contributed by atoms with Gasteiger partial charge in [0.1, 0.15) is 35.4 Å². The molecule has 31 heavy (non-hydrogen) atoms. The molecular weight excluding hydrogens is 407 g/mol. The van der Waals surface area contributed by atoms with Crippen LogP contribution in [0.15, 0.2) is 42.6 Å². The van der Waals surface area contributed by atoms with E-state index in [1.165, 1.54) is 31.5 Å². The van der Waals surface area contributed by atoms with Crippen molar-refractivity contribution in [1.29, 1.82) is 5.26 Å². The van der Waals surface area contributed by atoms with Gasteiger partial charge in [-0.05, 0) is 43.2 Å². The van der Waals surface area contributed by atoms with Gasteiger partial charge in [-0.1, -0.05) is 0 Å². The third kappa shape index (κ3) is 3.89. The molecule has 158 valence electrons. The van der Waals surface area contributed by atoms with Gasteiger partial charge in [-0.25, -0.2) is 13.2 Å². The van der Waals surface area contributed by atoms with E-state index in [0.29, 0.717) is 5.82 Å². The topological polar surface area (TPSA) is 83.7 Å². The lowest BCUT2D eigenvalue weighted by Gasteiger charge is -2.44. The van der Waals surface area contributed by atoms with Crippen molar-refractivity contribution in [2.24, 2.45) is 0 Å². The Morgan fingerprint density at radius 2 is 2.00 bits per heavy atom. The number of methoxy groups -OCH3 is 1. The molecule has 0 atom stereocenters. The van der Waals surface area contributed by atoms with Crippen molar-refractivity contribution >= 4 is 5.82 Å². The number of halogens is 3. The van der Waals surface area contributed by atoms with Crippen LogP contribution in [0.5, 0.6) is 5.75 Å². The van der Waals surface area contributed by atoms with Crippen LogP contribution in [-0.2, 0) is 5.41 Å². The van der Waals surface area contributed by atoms with Crippen molar-refractivity contribution in [3.05, 3.63) is 65.5 Å². The van der Waals surface area contributed by atoms with E-state index in [4.69, 9.17) is 4.74 Å². The predicted molar refractivity (Wildman–Crippen MR) is 107 cm³/mol. The first-order chi connectivity index (χ1) is 15.0. The third-order valence-corrected chi connectivity index (χ3v) is 5.44. The van der Waals surface area contributed by atoms with E-state index in [0.717, 1.165) is 6.07 Å². The maximum absolute atomic E-state index is 14.4. The van der Waals surface area contributed by atoms with Gasteiger partial charge in [0, 0.05) is 29.8 Å². The van der Waals surface area contributed by atoms with Crippen molar-refractivity contribution in [3.8, 4) is 23.1 Å². The molecule has 6 nitrogen and oxygen atoms in total. The number of benzene rings is 1. The summed E-state index contributed by atoms with van der Waals surface area (Å²) in [6.45, 7) is 0.227. The highest BCUT2D eigenvalue weighted by atomic mass is 19.1. The molecule has 0 amide bonds. The Labute approximate surface area is 176 Å². The number of pyridine rings is 1. The fourth-order valence-electron chi connectivity index (χ4n) is 3.82. The summed E-state index contributed by atoms with van der Waals surface area (Å²) < 4.78 is 47.3. The van der Waals surface area contributed by atoms with Crippen LogP contribution < -0.4 is 10.1 Å². The summed E-state index contributed by atoms with van der Waals surface area (Å²) in [6, 6.07) is 10.4. The molecule has 3 aromatic rings. The van der Waals surface area contributed by atoms with Crippen LogP contribution in [0.4, 0.5) is 19.0 Å². The van der Waals surface area contributed by atoms with Gasteiger partial charge in [0.05, 0.1) is 24.1 Å². The van der Waals surface area contributed by atoms with E-state index in [1.807, 2.05) is 6.07 Å². The molecule has 1 aromatic carbocycles. The summed E-state index contributed by atoms with van der Waals surface area (Å²) in [5.41, 5.74) is -0.0179. The zero-order valence-electron chi connectivity index (χ0n) is 16.6. The van der Waals surface area contributed by atoms with E-state index >= 15 is 0 Å². The van der Waals surface area contributed by atoms with Gasteiger partial charge in [-0.2, -0.15) is 5.26 Å². The molecular formula is C22H18F3N5O. The number of hydrogen-bond acceptors (Lipinski definition) is 6. The second kappa shape index (κ2) is 8.22. The van der Waals surface area contributed by atoms with E-state index in [-0.39, 0.29) is 47.7 Å². The molecule has 0 spiro atoms. The van der Waals surface area contributed by atoms with Crippen LogP contribution in [0, 0.1) is 23.0 Å². The fourth-order valence-corrected chi connectivity index (χ4v) is 3.82. The molecule has 0 aliphatic heterocycles. The number of nitrogens with zero attached hydrogens (tertiary/aromatic N) is 4. The van der Waals surface area contributed by atoms with E-state index in [2.05, 4.69) is 20.5 Å². The number of nitriles is 1. The number of alkyl halides is 1. The van der Waals surface area contributed by atoms with Crippen molar-refractivity contribution in [2.75, 3.05) is 19.0 Å². The highest BCUT2D eigenvalue weighted by Crippen LogP contribution is 2.45. The van der Waals surface area contributed by atoms with Crippen molar-refractivity contribution in [3.63, 3.8) is 0 Å². The first kappa shape index (κ1) is 20.6. The molecule has 2 aromatic heterocycles. The molecule has 2 heterocycles. The molecule has 0 radical (unpaired) electrons. The zero-order chi connectivity index (χ0) is 22.0. The van der Waals surface area contributed by atoms with Crippen molar-refractivity contribution < 1.29 is 17.9 Å². The molecule has 1 N–H and O–H groups in total. The minimum absolute atomic E-state index is 0.114. The minimum atomic E-state index is -1.01. The highest BCUT2D eigenvalue weighted by Gasteiger charge is 2.48. The normalized spacial score (nSPS) is 19.9. The van der Waals surface area contributed by atoms with Gasteiger partial charge in [-0.3, -0.25) is 4.98 Å². The maximum Gasteiger partial charge on any atom is 0.148 e. The Kier molecular flexibility index (Phi) is 5.46. The lowest BCUT2D eigenvalue weighted by atomic mass is 9.65. The average molecular weight is 425 g/mol. The third-order valence-electron chi connectivity index (χ3n) is 5.44. The Balaban J connectivity index is 1.53. The molecule has 1 aliphatic carbocycles. The smallest absolute Gasteiger partial charge is 0.148 e. The quantitative estimate of drug-likeness (QED) is 0.638. The molecule has 0 unspecified atom stereocenters. The van der Waals surface area contributed by atoms with Gasteiger partial charge in [0.15, 0.2) is 0 Å². The first-order valence-electron chi connectivity index (χ1n) is 9.56. The second-order valence-corrected chi connectivity index (χ2v) is 7.42. The summed E-state index contributed by atoms with van der Waals surface area (Å²) in [6.07, 6.45) is 0.796. The number of nitrogens with one attached hydrogen (secondary N) is 1. The molecule has 1 fully saturated rings. The van der Waals surface area contributed by atoms with Crippen LogP contribution >= 0.6 is 0 Å². The summed E-state index contributed by atoms with van der Waals surface area (Å²) in [5, 5.41) is 20.3. The Morgan fingerprint density at radius 1 is 1.19 bits per heavy atom. The number of rotatable bonds is 6. The first-order valence-corrected chi connectivity index (χ1v) is 9.56. The second-order valence-electron chi connectivity index (χ2n) is 7.42. The van der Waals surface area contributed by atoms with Crippen LogP contribution in [0.3, 0.4) is 0 Å². The molecule has 4 rings (SSSR count). The van der Waals surface area contributed by atoms with Gasteiger partial charge >= 0.3 is 0 Å². The summed E-state index contributed by atoms with van der Waals surface area (Å²) in [5.74, 6) is -0.565. The summed E-state index contributed by atoms with van der Waals surface area (Å²) in [4.78, 5) is 4.12. The monoisotopic (exact) mass is 425 g/mol. The molecule has 9 heteroatoms. The SMILES string of the molecule is COc1cc(F)c(-c2ccc(NC[C@]3(c4ncccc4F)C[C@H](F)C3)nn2)cc1C#N. The standard InChI is InChI=1S/C22H18F3N5O/c1-31-19-8-17(25)15(7-13(19)11-26)18-4-5-20(30-29-18)28-12-22(9-14(23)10-22)21-16(24)3-2-6-27-21/h2-8,14H,9-10,12H2,1H3,(H,28,30)/t14-,22-. The number of ether oxygens (including phenoxy) is 1. The number of aromatic nitrogens is 3. The Hall–Kier alpha value is -3.67. The minimum Gasteiger partial charge on any atom is -0.495 e. The maximum atomic E-state index is 14.4. The van der Waals surface area contributed by atoms with Crippen molar-refractivity contribution in [2.45, 2.75) is 24.4 Å². The van der Waals surface area contributed by atoms with Crippen molar-refractivity contribution in [1.82, 2.24) is 15.2 Å². The molecule has 1 saturated carbocycles. The lowest BCUT2D eigenvalue weighted by Crippen LogP contribution is -2.49. The Bertz CT molecular complexity index is 1140. The van der Waals surface area contributed by atoms with Gasteiger partial charge in [0.25, 0.3) is 0 Å². The van der Waals surface area contributed by atoms with Crippen LogP contribution in [0.2, 0.25) is 0 Å². The van der Waals surface area contributed by atoms with E-state index < -0.39 is 23.2 Å². The lowest BCUT2D eigenvalue weighted by molar-refractivity contribution is 0.0964. The average Bonchev–Trinajstić information content (AvgIpc) is 2.76. The van der Waals surface area contributed by atoms with Crippen LogP contribution in [-0.4, -0.2) is 35.0 Å². The molecule has 1 aliphatic rings. The zero-order valence-corrected chi connectivity index (χ0v) is 16.6. The van der Waals surface area contributed by atoms with Gasteiger partial charge < -0.3 is 10.1 Å². The van der Waals surface area contributed by atoms with Gasteiger partial charge in [0.2, 0.25) is 0 Å². The fraction of sp³-hybridized carbons (Fsp3) is 0.273. The highest BCUT2D eigenvalue weighted by molar-refractivity contribution is 5.65. The van der Waals surface area contributed by atoms with E-state index in [9.17, 15) is 18.4 Å². The number of anilines is 1. The number of hydrogen-bond donors (Lipinski definition) is 1. The summed E-state index contributed by atoms with van der Waals surface area (Å²) in [7, 11) is 1.35. The van der Waals surface area contributed by atoms with Gasteiger partial charge in [-0.15, -0.1) is 10.2 Å². The molecule has 0 bridgehead atoms. The predicted octanol–water partition coefficient (Wildman–Crippen LogP) is 4.18. The van der Waals surface area contributed by atoms with E-state index in [1.54, 1.807) is 12.1 Å². The Morgan fingerprint density at radius 3 is 2.61 bits per heavy atom. The molecule has 0 saturated heterocycles. The largest absolute Gasteiger partial charge is 0.495 e.